The van der Waals surface area contributed by atoms with E-state index in [2.05, 4.69) is 5.32 Å². The summed E-state index contributed by atoms with van der Waals surface area (Å²) in [5, 5.41) is 2.65. The van der Waals surface area contributed by atoms with Gasteiger partial charge in [0.25, 0.3) is 0 Å². The average molecular weight is 305 g/mol. The lowest BCUT2D eigenvalue weighted by molar-refractivity contribution is 0.215. The Balaban J connectivity index is 1.58. The Kier molecular flexibility index (Phi) is 4.55. The van der Waals surface area contributed by atoms with Gasteiger partial charge in [0.15, 0.2) is 0 Å². The highest BCUT2D eigenvalue weighted by Crippen LogP contribution is 2.23. The van der Waals surface area contributed by atoms with Crippen molar-refractivity contribution in [3.8, 4) is 17.2 Å². The molecule has 0 saturated carbocycles. The standard InChI is InChI=1S/C19H15NO3/c21-19(20-15-7-3-1-4-8-15)23-18-13-11-17(12-14-18)22-16-9-5-2-6-10-16/h1-14H,(H,20,21). The monoisotopic (exact) mass is 305 g/mol. The Bertz CT molecular complexity index is 756. The molecule has 0 spiro atoms. The van der Waals surface area contributed by atoms with Crippen LogP contribution in [0.1, 0.15) is 0 Å². The normalized spacial score (nSPS) is 9.91. The van der Waals surface area contributed by atoms with Crippen LogP contribution >= 0.6 is 0 Å². The number of carbonyl (C=O) groups excluding carboxylic acids is 1. The lowest BCUT2D eigenvalue weighted by Gasteiger charge is -2.08. The first-order chi connectivity index (χ1) is 11.3. The van der Waals surface area contributed by atoms with Crippen molar-refractivity contribution in [3.05, 3.63) is 84.9 Å². The molecule has 0 saturated heterocycles. The third-order valence-electron chi connectivity index (χ3n) is 3.03. The maximum Gasteiger partial charge on any atom is 0.417 e. The molecule has 4 heteroatoms. The smallest absolute Gasteiger partial charge is 0.417 e. The summed E-state index contributed by atoms with van der Waals surface area (Å²) >= 11 is 0. The van der Waals surface area contributed by atoms with Crippen molar-refractivity contribution in [2.45, 2.75) is 0 Å². The van der Waals surface area contributed by atoms with Crippen LogP contribution in [0, 0.1) is 0 Å². The third-order valence-corrected chi connectivity index (χ3v) is 3.03. The Morgan fingerprint density at radius 1 is 0.652 bits per heavy atom. The number of hydrogen-bond acceptors (Lipinski definition) is 3. The second kappa shape index (κ2) is 7.13. The van der Waals surface area contributed by atoms with Gasteiger partial charge in [-0.2, -0.15) is 0 Å². The van der Waals surface area contributed by atoms with E-state index in [4.69, 9.17) is 9.47 Å². The Hall–Kier alpha value is -3.27. The molecule has 23 heavy (non-hydrogen) atoms. The lowest BCUT2D eigenvalue weighted by Crippen LogP contribution is -2.16. The molecule has 0 aliphatic rings. The molecule has 0 bridgehead atoms. The largest absolute Gasteiger partial charge is 0.457 e. The number of benzene rings is 3. The van der Waals surface area contributed by atoms with Gasteiger partial charge in [-0.3, -0.25) is 5.32 Å². The zero-order valence-electron chi connectivity index (χ0n) is 12.3. The summed E-state index contributed by atoms with van der Waals surface area (Å²) in [6.07, 6.45) is -0.534. The molecule has 0 heterocycles. The molecular formula is C19H15NO3. The molecule has 1 amide bonds. The molecule has 0 aliphatic heterocycles. The van der Waals surface area contributed by atoms with E-state index in [0.717, 1.165) is 5.75 Å². The highest BCUT2D eigenvalue weighted by molar-refractivity contribution is 5.86. The predicted molar refractivity (Wildman–Crippen MR) is 89.0 cm³/mol. The Morgan fingerprint density at radius 2 is 1.17 bits per heavy atom. The van der Waals surface area contributed by atoms with Gasteiger partial charge in [-0.25, -0.2) is 4.79 Å². The van der Waals surface area contributed by atoms with Crippen molar-refractivity contribution in [1.82, 2.24) is 0 Å². The van der Waals surface area contributed by atoms with E-state index in [-0.39, 0.29) is 0 Å². The molecule has 0 unspecified atom stereocenters. The first-order valence-electron chi connectivity index (χ1n) is 7.16. The number of anilines is 1. The number of nitrogens with one attached hydrogen (secondary N) is 1. The summed E-state index contributed by atoms with van der Waals surface area (Å²) < 4.78 is 10.9. The first kappa shape index (κ1) is 14.7. The molecule has 0 aliphatic carbocycles. The maximum atomic E-state index is 11.8. The minimum atomic E-state index is -0.534. The van der Waals surface area contributed by atoms with Crippen molar-refractivity contribution >= 4 is 11.8 Å². The molecular weight excluding hydrogens is 290 g/mol. The molecule has 1 N–H and O–H groups in total. The van der Waals surface area contributed by atoms with Crippen molar-refractivity contribution in [2.24, 2.45) is 0 Å². The minimum absolute atomic E-state index is 0.443. The summed E-state index contributed by atoms with van der Waals surface area (Å²) in [6.45, 7) is 0. The SMILES string of the molecule is O=C(Nc1ccccc1)Oc1ccc(Oc2ccccc2)cc1. The molecule has 0 fully saturated rings. The van der Waals surface area contributed by atoms with Gasteiger partial charge in [-0.15, -0.1) is 0 Å². The van der Waals surface area contributed by atoms with Crippen LogP contribution < -0.4 is 14.8 Å². The van der Waals surface area contributed by atoms with E-state index in [1.54, 1.807) is 36.4 Å². The van der Waals surface area contributed by atoms with Gasteiger partial charge in [0.2, 0.25) is 0 Å². The highest BCUT2D eigenvalue weighted by Gasteiger charge is 2.05. The fourth-order valence-electron chi connectivity index (χ4n) is 1.97. The fourth-order valence-corrected chi connectivity index (χ4v) is 1.97. The van der Waals surface area contributed by atoms with E-state index in [1.165, 1.54) is 0 Å². The zero-order chi connectivity index (χ0) is 15.9. The molecule has 3 aromatic carbocycles. The van der Waals surface area contributed by atoms with E-state index in [0.29, 0.717) is 17.2 Å². The van der Waals surface area contributed by atoms with Crippen LogP contribution in [0.2, 0.25) is 0 Å². The molecule has 0 aromatic heterocycles. The molecule has 4 nitrogen and oxygen atoms in total. The van der Waals surface area contributed by atoms with Crippen LogP contribution in [0.3, 0.4) is 0 Å². The van der Waals surface area contributed by atoms with E-state index in [1.807, 2.05) is 48.5 Å². The van der Waals surface area contributed by atoms with Gasteiger partial charge in [-0.1, -0.05) is 36.4 Å². The van der Waals surface area contributed by atoms with Crippen molar-refractivity contribution in [3.63, 3.8) is 0 Å². The molecule has 0 radical (unpaired) electrons. The van der Waals surface area contributed by atoms with Crippen LogP contribution in [0.15, 0.2) is 84.9 Å². The maximum absolute atomic E-state index is 11.8. The summed E-state index contributed by atoms with van der Waals surface area (Å²) in [6, 6.07) is 25.5. The number of carbonyl (C=O) groups is 1. The quantitative estimate of drug-likeness (QED) is 0.730. The van der Waals surface area contributed by atoms with Crippen molar-refractivity contribution in [1.29, 1.82) is 0 Å². The van der Waals surface area contributed by atoms with Crippen molar-refractivity contribution in [2.75, 3.05) is 5.32 Å². The fraction of sp³-hybridized carbons (Fsp3) is 0. The van der Waals surface area contributed by atoms with E-state index >= 15 is 0 Å². The number of ether oxygens (including phenoxy) is 2. The summed E-state index contributed by atoms with van der Waals surface area (Å²) in [4.78, 5) is 11.8. The third kappa shape index (κ3) is 4.35. The average Bonchev–Trinajstić information content (AvgIpc) is 2.58. The Morgan fingerprint density at radius 3 is 1.83 bits per heavy atom. The Labute approximate surface area is 134 Å². The highest BCUT2D eigenvalue weighted by atomic mass is 16.6. The van der Waals surface area contributed by atoms with E-state index < -0.39 is 6.09 Å². The summed E-state index contributed by atoms with van der Waals surface area (Å²) in [5.74, 6) is 1.87. The molecule has 3 aromatic rings. The van der Waals surface area contributed by atoms with Crippen LogP contribution in [-0.4, -0.2) is 6.09 Å². The van der Waals surface area contributed by atoms with Crippen LogP contribution in [0.4, 0.5) is 10.5 Å². The van der Waals surface area contributed by atoms with Crippen LogP contribution in [0.25, 0.3) is 0 Å². The number of hydrogen-bond donors (Lipinski definition) is 1. The van der Waals surface area contributed by atoms with Gasteiger partial charge in [0.05, 0.1) is 0 Å². The first-order valence-corrected chi connectivity index (χ1v) is 7.16. The molecule has 0 atom stereocenters. The van der Waals surface area contributed by atoms with Gasteiger partial charge in [-0.05, 0) is 48.5 Å². The number of para-hydroxylation sites is 2. The summed E-state index contributed by atoms with van der Waals surface area (Å²) in [5.41, 5.74) is 0.682. The zero-order valence-corrected chi connectivity index (χ0v) is 12.3. The number of rotatable bonds is 4. The molecule has 3 rings (SSSR count). The predicted octanol–water partition coefficient (Wildman–Crippen LogP) is 5.09. The van der Waals surface area contributed by atoms with Gasteiger partial charge in [0, 0.05) is 5.69 Å². The van der Waals surface area contributed by atoms with Gasteiger partial charge in [0.1, 0.15) is 17.2 Å². The van der Waals surface area contributed by atoms with Crippen molar-refractivity contribution < 1.29 is 14.3 Å². The number of amides is 1. The van der Waals surface area contributed by atoms with E-state index in [9.17, 15) is 4.79 Å². The summed E-state index contributed by atoms with van der Waals surface area (Å²) in [7, 11) is 0. The molecule has 114 valence electrons. The van der Waals surface area contributed by atoms with Gasteiger partial charge < -0.3 is 9.47 Å². The van der Waals surface area contributed by atoms with Crippen LogP contribution in [0.5, 0.6) is 17.2 Å². The van der Waals surface area contributed by atoms with Gasteiger partial charge >= 0.3 is 6.09 Å². The minimum Gasteiger partial charge on any atom is -0.457 e. The second-order valence-corrected chi connectivity index (χ2v) is 4.77. The second-order valence-electron chi connectivity index (χ2n) is 4.77. The topological polar surface area (TPSA) is 47.6 Å². The van der Waals surface area contributed by atoms with Crippen LogP contribution in [-0.2, 0) is 0 Å². The lowest BCUT2D eigenvalue weighted by atomic mass is 10.3.